The van der Waals surface area contributed by atoms with Crippen molar-refractivity contribution >= 4 is 16.6 Å². The lowest BCUT2D eigenvalue weighted by atomic mass is 9.87. The maximum atomic E-state index is 4.39. The van der Waals surface area contributed by atoms with Gasteiger partial charge in [0.25, 0.3) is 0 Å². The van der Waals surface area contributed by atoms with Crippen molar-refractivity contribution in [3.8, 4) is 11.3 Å². The molecule has 1 saturated heterocycles. The quantitative estimate of drug-likeness (QED) is 0.372. The fourth-order valence-electron chi connectivity index (χ4n) is 5.58. The summed E-state index contributed by atoms with van der Waals surface area (Å²) in [6.07, 6.45) is 9.67. The monoisotopic (exact) mass is 465 g/mol. The fourth-order valence-corrected chi connectivity index (χ4v) is 5.58. The van der Waals surface area contributed by atoms with E-state index in [2.05, 4.69) is 81.2 Å². The number of fused-ring (bicyclic) bond motifs is 2. The molecule has 0 unspecified atom stereocenters. The molecule has 178 valence electrons. The first-order chi connectivity index (χ1) is 17.1. The van der Waals surface area contributed by atoms with Crippen LogP contribution in [0.4, 0.5) is 0 Å². The van der Waals surface area contributed by atoms with E-state index < -0.39 is 0 Å². The normalized spacial score (nSPS) is 15.5. The highest BCUT2D eigenvalue weighted by Gasteiger charge is 2.23. The van der Waals surface area contributed by atoms with E-state index in [0.717, 1.165) is 55.1 Å². The summed E-state index contributed by atoms with van der Waals surface area (Å²) in [5.41, 5.74) is 8.39. The average Bonchev–Trinajstić information content (AvgIpc) is 3.50. The number of pyridine rings is 1. The molecule has 35 heavy (non-hydrogen) atoms. The maximum absolute atomic E-state index is 4.39. The SMILES string of the molecule is Cc1cc(-c2[nH]c3ccc(C4CCN(Cc5ncccn5)CC4)cc3c2C(C)C)cn2ncnc12. The van der Waals surface area contributed by atoms with Gasteiger partial charge in [0.2, 0.25) is 0 Å². The molecule has 5 heterocycles. The van der Waals surface area contributed by atoms with Gasteiger partial charge in [-0.1, -0.05) is 19.9 Å². The zero-order valence-electron chi connectivity index (χ0n) is 20.6. The Bertz CT molecular complexity index is 1470. The molecule has 7 heteroatoms. The van der Waals surface area contributed by atoms with Gasteiger partial charge in [0.05, 0.1) is 12.2 Å². The van der Waals surface area contributed by atoms with Crippen molar-refractivity contribution in [2.24, 2.45) is 0 Å². The summed E-state index contributed by atoms with van der Waals surface area (Å²) in [6, 6.07) is 11.1. The predicted octanol–water partition coefficient (Wildman–Crippen LogP) is 5.48. The van der Waals surface area contributed by atoms with Crippen LogP contribution in [0.3, 0.4) is 0 Å². The van der Waals surface area contributed by atoms with Crippen LogP contribution in [0.25, 0.3) is 27.8 Å². The summed E-state index contributed by atoms with van der Waals surface area (Å²) in [4.78, 5) is 19.4. The van der Waals surface area contributed by atoms with E-state index in [4.69, 9.17) is 0 Å². The summed E-state index contributed by atoms with van der Waals surface area (Å²) in [6.45, 7) is 9.65. The van der Waals surface area contributed by atoms with Gasteiger partial charge in [-0.05, 0) is 85.6 Å². The Morgan fingerprint density at radius 1 is 1.06 bits per heavy atom. The van der Waals surface area contributed by atoms with Crippen molar-refractivity contribution in [1.82, 2.24) is 34.4 Å². The van der Waals surface area contributed by atoms with E-state index in [1.807, 2.05) is 23.0 Å². The minimum atomic E-state index is 0.397. The molecule has 1 aliphatic heterocycles. The molecule has 4 aromatic heterocycles. The number of piperidine rings is 1. The average molecular weight is 466 g/mol. The summed E-state index contributed by atoms with van der Waals surface area (Å²) in [7, 11) is 0. The van der Waals surface area contributed by atoms with Crippen molar-refractivity contribution < 1.29 is 0 Å². The number of likely N-dealkylation sites (tertiary alicyclic amines) is 1. The van der Waals surface area contributed by atoms with E-state index in [1.165, 1.54) is 27.7 Å². The van der Waals surface area contributed by atoms with Gasteiger partial charge in [-0.25, -0.2) is 19.5 Å². The molecule has 1 N–H and O–H groups in total. The van der Waals surface area contributed by atoms with E-state index in [0.29, 0.717) is 11.8 Å². The van der Waals surface area contributed by atoms with Crippen molar-refractivity contribution in [3.63, 3.8) is 0 Å². The summed E-state index contributed by atoms with van der Waals surface area (Å²) in [5, 5.41) is 5.72. The zero-order valence-corrected chi connectivity index (χ0v) is 20.6. The molecule has 0 aliphatic carbocycles. The molecule has 1 aromatic carbocycles. The van der Waals surface area contributed by atoms with Gasteiger partial charge in [-0.2, -0.15) is 5.10 Å². The Hall–Kier alpha value is -3.58. The number of H-pyrrole nitrogens is 1. The number of rotatable bonds is 5. The van der Waals surface area contributed by atoms with Gasteiger partial charge in [-0.3, -0.25) is 4.90 Å². The summed E-state index contributed by atoms with van der Waals surface area (Å²) in [5.74, 6) is 1.89. The van der Waals surface area contributed by atoms with Crippen molar-refractivity contribution in [3.05, 3.63) is 77.8 Å². The van der Waals surface area contributed by atoms with Crippen LogP contribution in [-0.2, 0) is 6.54 Å². The van der Waals surface area contributed by atoms with E-state index in [1.54, 1.807) is 6.33 Å². The number of aromatic nitrogens is 6. The second-order valence-corrected chi connectivity index (χ2v) is 10.0. The second kappa shape index (κ2) is 8.89. The van der Waals surface area contributed by atoms with Crippen LogP contribution in [0.1, 0.15) is 61.0 Å². The highest BCUT2D eigenvalue weighted by atomic mass is 15.3. The third-order valence-corrected chi connectivity index (χ3v) is 7.33. The molecule has 1 fully saturated rings. The van der Waals surface area contributed by atoms with Gasteiger partial charge in [-0.15, -0.1) is 0 Å². The van der Waals surface area contributed by atoms with E-state index in [9.17, 15) is 0 Å². The Labute approximate surface area is 205 Å². The highest BCUT2D eigenvalue weighted by Crippen LogP contribution is 2.38. The third kappa shape index (κ3) is 4.10. The van der Waals surface area contributed by atoms with Crippen molar-refractivity contribution in [2.45, 2.75) is 52.0 Å². The number of hydrogen-bond donors (Lipinski definition) is 1. The number of aromatic amines is 1. The lowest BCUT2D eigenvalue weighted by molar-refractivity contribution is 0.200. The van der Waals surface area contributed by atoms with Gasteiger partial charge >= 0.3 is 0 Å². The topological polar surface area (TPSA) is 75.0 Å². The molecule has 0 amide bonds. The first kappa shape index (κ1) is 21.9. The smallest absolute Gasteiger partial charge is 0.158 e. The number of aryl methyl sites for hydroxylation is 1. The molecule has 7 nitrogen and oxygen atoms in total. The summed E-state index contributed by atoms with van der Waals surface area (Å²) >= 11 is 0. The van der Waals surface area contributed by atoms with Crippen LogP contribution in [-0.4, -0.2) is 47.5 Å². The number of benzene rings is 1. The second-order valence-electron chi connectivity index (χ2n) is 10.0. The Morgan fingerprint density at radius 3 is 2.63 bits per heavy atom. The standard InChI is InChI=1S/C28H31N7/c1-18(2)26-23-14-21(20-7-11-34(12-8-20)16-25-29-9-4-10-30-25)5-6-24(23)33-27(26)22-13-19(3)28-31-17-32-35(28)15-22/h4-6,9-10,13-15,17-18,20,33H,7-8,11-12,16H2,1-3H3. The lowest BCUT2D eigenvalue weighted by Crippen LogP contribution is -2.33. The molecule has 0 atom stereocenters. The Morgan fingerprint density at radius 2 is 1.86 bits per heavy atom. The lowest BCUT2D eigenvalue weighted by Gasteiger charge is -2.31. The highest BCUT2D eigenvalue weighted by molar-refractivity contribution is 5.92. The zero-order chi connectivity index (χ0) is 23.9. The van der Waals surface area contributed by atoms with E-state index in [-0.39, 0.29) is 0 Å². The van der Waals surface area contributed by atoms with Crippen molar-refractivity contribution in [2.75, 3.05) is 13.1 Å². The first-order valence-corrected chi connectivity index (χ1v) is 12.5. The van der Waals surface area contributed by atoms with Crippen LogP contribution < -0.4 is 0 Å². The van der Waals surface area contributed by atoms with Crippen LogP contribution in [0.5, 0.6) is 0 Å². The van der Waals surface area contributed by atoms with Crippen molar-refractivity contribution in [1.29, 1.82) is 0 Å². The van der Waals surface area contributed by atoms with E-state index >= 15 is 0 Å². The van der Waals surface area contributed by atoms with Crippen LogP contribution in [0.15, 0.2) is 55.2 Å². The first-order valence-electron chi connectivity index (χ1n) is 12.5. The van der Waals surface area contributed by atoms with Gasteiger partial charge in [0, 0.05) is 35.1 Å². The van der Waals surface area contributed by atoms with Gasteiger partial charge < -0.3 is 4.98 Å². The number of nitrogens with zero attached hydrogens (tertiary/aromatic N) is 6. The largest absolute Gasteiger partial charge is 0.354 e. The molecule has 0 saturated carbocycles. The molecule has 0 spiro atoms. The predicted molar refractivity (Wildman–Crippen MR) is 138 cm³/mol. The molecule has 0 bridgehead atoms. The molecular weight excluding hydrogens is 434 g/mol. The molecule has 6 rings (SSSR count). The minimum Gasteiger partial charge on any atom is -0.354 e. The summed E-state index contributed by atoms with van der Waals surface area (Å²) < 4.78 is 1.87. The third-order valence-electron chi connectivity index (χ3n) is 7.33. The van der Waals surface area contributed by atoms with Crippen LogP contribution in [0.2, 0.25) is 0 Å². The van der Waals surface area contributed by atoms with Crippen LogP contribution >= 0.6 is 0 Å². The number of hydrogen-bond acceptors (Lipinski definition) is 5. The minimum absolute atomic E-state index is 0.397. The van der Waals surface area contributed by atoms with Crippen LogP contribution in [0, 0.1) is 6.92 Å². The molecular formula is C28H31N7. The number of nitrogens with one attached hydrogen (secondary N) is 1. The Kier molecular flexibility index (Phi) is 5.57. The maximum Gasteiger partial charge on any atom is 0.158 e. The molecule has 1 aliphatic rings. The fraction of sp³-hybridized carbons (Fsp3) is 0.357. The molecule has 0 radical (unpaired) electrons. The molecule has 5 aromatic rings. The Balaban J connectivity index is 1.29. The van der Waals surface area contributed by atoms with Gasteiger partial charge in [0.1, 0.15) is 12.2 Å². The van der Waals surface area contributed by atoms with Gasteiger partial charge in [0.15, 0.2) is 5.65 Å².